The Hall–Kier alpha value is -1.91. The molecule has 0 aliphatic carbocycles. The average molecular weight is 261 g/mol. The van der Waals surface area contributed by atoms with Crippen LogP contribution in [0.5, 0.6) is 5.75 Å². The fraction of sp³-hybridized carbons (Fsp3) is 0.200. The number of aliphatic hydroxyl groups excluding tert-OH is 1. The van der Waals surface area contributed by atoms with Crippen molar-refractivity contribution in [3.8, 4) is 5.75 Å². The van der Waals surface area contributed by atoms with Crippen LogP contribution in [0.4, 0.5) is 4.39 Å². The molecule has 0 bridgehead atoms. The van der Waals surface area contributed by atoms with Crippen molar-refractivity contribution in [1.29, 1.82) is 0 Å². The van der Waals surface area contributed by atoms with E-state index in [9.17, 15) is 14.6 Å². The van der Waals surface area contributed by atoms with Gasteiger partial charge in [0.2, 0.25) is 0 Å². The van der Waals surface area contributed by atoms with E-state index in [-0.39, 0.29) is 24.9 Å². The Morgan fingerprint density at radius 1 is 1.11 bits per heavy atom. The van der Waals surface area contributed by atoms with E-state index in [1.165, 1.54) is 18.2 Å². The lowest BCUT2D eigenvalue weighted by Crippen LogP contribution is -2.24. The normalized spacial score (nSPS) is 12.3. The van der Waals surface area contributed by atoms with Gasteiger partial charge < -0.3 is 15.5 Å². The summed E-state index contributed by atoms with van der Waals surface area (Å²) in [6.07, 6.45) is 0. The van der Waals surface area contributed by atoms with Crippen LogP contribution < -0.4 is 5.32 Å². The van der Waals surface area contributed by atoms with Crippen molar-refractivity contribution in [3.63, 3.8) is 0 Å². The fourth-order valence-electron chi connectivity index (χ4n) is 1.90. The summed E-state index contributed by atoms with van der Waals surface area (Å²) in [7, 11) is 0. The van der Waals surface area contributed by atoms with Gasteiger partial charge in [-0.05, 0) is 23.8 Å². The molecule has 2 aromatic carbocycles. The van der Waals surface area contributed by atoms with Crippen molar-refractivity contribution in [2.45, 2.75) is 12.6 Å². The zero-order valence-electron chi connectivity index (χ0n) is 10.4. The maximum absolute atomic E-state index is 13.1. The first kappa shape index (κ1) is 13.5. The molecule has 0 saturated heterocycles. The van der Waals surface area contributed by atoms with Crippen molar-refractivity contribution in [2.24, 2.45) is 0 Å². The smallest absolute Gasteiger partial charge is 0.123 e. The van der Waals surface area contributed by atoms with Gasteiger partial charge in [-0.15, -0.1) is 0 Å². The van der Waals surface area contributed by atoms with Crippen molar-refractivity contribution >= 4 is 0 Å². The van der Waals surface area contributed by atoms with Crippen LogP contribution in [0.15, 0.2) is 48.5 Å². The SMILES string of the molecule is OC[C@@H](NCc1cc(F)ccc1O)c1ccccc1. The molecule has 2 rings (SSSR count). The van der Waals surface area contributed by atoms with Crippen LogP contribution in [0.2, 0.25) is 0 Å². The van der Waals surface area contributed by atoms with E-state index >= 15 is 0 Å². The highest BCUT2D eigenvalue weighted by molar-refractivity contribution is 5.32. The Labute approximate surface area is 111 Å². The highest BCUT2D eigenvalue weighted by atomic mass is 19.1. The van der Waals surface area contributed by atoms with E-state index in [4.69, 9.17) is 0 Å². The second-order valence-electron chi connectivity index (χ2n) is 4.30. The minimum absolute atomic E-state index is 0.0404. The molecule has 0 spiro atoms. The molecule has 4 heteroatoms. The molecule has 0 amide bonds. The van der Waals surface area contributed by atoms with Crippen LogP contribution in [-0.2, 0) is 6.54 Å². The van der Waals surface area contributed by atoms with Gasteiger partial charge in [-0.3, -0.25) is 0 Å². The summed E-state index contributed by atoms with van der Waals surface area (Å²) in [5.41, 5.74) is 1.41. The summed E-state index contributed by atoms with van der Waals surface area (Å²) in [5, 5.41) is 22.1. The number of phenols is 1. The molecule has 0 aliphatic rings. The first-order valence-corrected chi connectivity index (χ1v) is 6.07. The maximum atomic E-state index is 13.1. The van der Waals surface area contributed by atoms with Gasteiger partial charge in [-0.25, -0.2) is 4.39 Å². The minimum Gasteiger partial charge on any atom is -0.508 e. The third kappa shape index (κ3) is 3.53. The first-order valence-electron chi connectivity index (χ1n) is 6.07. The zero-order chi connectivity index (χ0) is 13.7. The van der Waals surface area contributed by atoms with E-state index in [1.54, 1.807) is 0 Å². The lowest BCUT2D eigenvalue weighted by Gasteiger charge is -2.17. The van der Waals surface area contributed by atoms with Crippen molar-refractivity contribution in [3.05, 3.63) is 65.5 Å². The monoisotopic (exact) mass is 261 g/mol. The van der Waals surface area contributed by atoms with E-state index in [0.717, 1.165) is 5.56 Å². The number of nitrogens with one attached hydrogen (secondary N) is 1. The van der Waals surface area contributed by atoms with Crippen molar-refractivity contribution < 1.29 is 14.6 Å². The molecule has 100 valence electrons. The summed E-state index contributed by atoms with van der Waals surface area (Å²) < 4.78 is 13.1. The minimum atomic E-state index is -0.394. The number of aliphatic hydroxyl groups is 1. The highest BCUT2D eigenvalue weighted by Gasteiger charge is 2.10. The molecule has 0 radical (unpaired) electrons. The van der Waals surface area contributed by atoms with Gasteiger partial charge in [-0.1, -0.05) is 30.3 Å². The summed E-state index contributed by atoms with van der Waals surface area (Å²) in [4.78, 5) is 0. The van der Waals surface area contributed by atoms with Crippen LogP contribution >= 0.6 is 0 Å². The maximum Gasteiger partial charge on any atom is 0.123 e. The van der Waals surface area contributed by atoms with Gasteiger partial charge in [0.1, 0.15) is 11.6 Å². The molecule has 0 aromatic heterocycles. The van der Waals surface area contributed by atoms with Gasteiger partial charge >= 0.3 is 0 Å². The Morgan fingerprint density at radius 2 is 1.84 bits per heavy atom. The van der Waals surface area contributed by atoms with E-state index < -0.39 is 5.82 Å². The number of rotatable bonds is 5. The van der Waals surface area contributed by atoms with Crippen LogP contribution in [0.3, 0.4) is 0 Å². The van der Waals surface area contributed by atoms with Crippen molar-refractivity contribution in [2.75, 3.05) is 6.61 Å². The lowest BCUT2D eigenvalue weighted by atomic mass is 10.1. The van der Waals surface area contributed by atoms with Crippen LogP contribution in [0.25, 0.3) is 0 Å². The molecule has 2 aromatic rings. The van der Waals surface area contributed by atoms with E-state index in [0.29, 0.717) is 5.56 Å². The molecular weight excluding hydrogens is 245 g/mol. The molecule has 0 aliphatic heterocycles. The number of halogens is 1. The van der Waals surface area contributed by atoms with E-state index in [2.05, 4.69) is 5.32 Å². The molecule has 0 saturated carbocycles. The summed E-state index contributed by atoms with van der Waals surface area (Å²) in [5.74, 6) is -0.353. The standard InChI is InChI=1S/C15H16FNO2/c16-13-6-7-15(19)12(8-13)9-17-14(10-18)11-4-2-1-3-5-11/h1-8,14,17-19H,9-10H2/t14-/m1/s1. The average Bonchev–Trinajstić information content (AvgIpc) is 2.44. The molecule has 0 heterocycles. The van der Waals surface area contributed by atoms with Crippen LogP contribution in [-0.4, -0.2) is 16.8 Å². The van der Waals surface area contributed by atoms with Crippen LogP contribution in [0.1, 0.15) is 17.2 Å². The molecule has 19 heavy (non-hydrogen) atoms. The van der Waals surface area contributed by atoms with Gasteiger partial charge in [0.15, 0.2) is 0 Å². The molecule has 3 nitrogen and oxygen atoms in total. The largest absolute Gasteiger partial charge is 0.508 e. The Balaban J connectivity index is 2.06. The topological polar surface area (TPSA) is 52.5 Å². The Morgan fingerprint density at radius 3 is 2.53 bits per heavy atom. The molecular formula is C15H16FNO2. The van der Waals surface area contributed by atoms with Crippen LogP contribution in [0, 0.1) is 5.82 Å². The summed E-state index contributed by atoms with van der Waals surface area (Å²) in [6, 6.07) is 13.0. The predicted molar refractivity (Wildman–Crippen MR) is 71.2 cm³/mol. The third-order valence-electron chi connectivity index (χ3n) is 2.96. The number of hydrogen-bond donors (Lipinski definition) is 3. The van der Waals surface area contributed by atoms with Crippen molar-refractivity contribution in [1.82, 2.24) is 5.32 Å². The predicted octanol–water partition coefficient (Wildman–Crippen LogP) is 2.35. The van der Waals surface area contributed by atoms with Gasteiger partial charge in [-0.2, -0.15) is 0 Å². The first-order chi connectivity index (χ1) is 9.20. The fourth-order valence-corrected chi connectivity index (χ4v) is 1.90. The second-order valence-corrected chi connectivity index (χ2v) is 4.30. The number of hydrogen-bond acceptors (Lipinski definition) is 3. The van der Waals surface area contributed by atoms with E-state index in [1.807, 2.05) is 30.3 Å². The molecule has 1 atom stereocenters. The van der Waals surface area contributed by atoms with Gasteiger partial charge in [0, 0.05) is 12.1 Å². The van der Waals surface area contributed by atoms with Gasteiger partial charge in [0.05, 0.1) is 12.6 Å². The Kier molecular flexibility index (Phi) is 4.49. The number of benzene rings is 2. The molecule has 0 fully saturated rings. The quantitative estimate of drug-likeness (QED) is 0.774. The summed E-state index contributed by atoms with van der Waals surface area (Å²) >= 11 is 0. The zero-order valence-corrected chi connectivity index (χ0v) is 10.4. The number of aromatic hydroxyl groups is 1. The lowest BCUT2D eigenvalue weighted by molar-refractivity contribution is 0.243. The Bertz CT molecular complexity index is 531. The second kappa shape index (κ2) is 6.31. The number of phenolic OH excluding ortho intramolecular Hbond substituents is 1. The summed E-state index contributed by atoms with van der Waals surface area (Å²) in [6.45, 7) is 0.212. The highest BCUT2D eigenvalue weighted by Crippen LogP contribution is 2.19. The third-order valence-corrected chi connectivity index (χ3v) is 2.96. The van der Waals surface area contributed by atoms with Gasteiger partial charge in [0.25, 0.3) is 0 Å². The molecule has 0 unspecified atom stereocenters. The molecule has 3 N–H and O–H groups in total.